The fraction of sp³-hybridized carbons (Fsp3) is 0.769. The largest absolute Gasteiger partial charge is 0.358 e. The molecular weight excluding hydrogens is 250 g/mol. The van der Waals surface area contributed by atoms with Gasteiger partial charge in [0.2, 0.25) is 0 Å². The highest BCUT2D eigenvalue weighted by molar-refractivity contribution is 5.13. The van der Waals surface area contributed by atoms with Crippen molar-refractivity contribution in [2.45, 2.75) is 57.6 Å². The Bertz CT molecular complexity index is 458. The summed E-state index contributed by atoms with van der Waals surface area (Å²) in [6.07, 6.45) is -0.463. The Labute approximate surface area is 111 Å². The molecule has 2 aliphatic heterocycles. The summed E-state index contributed by atoms with van der Waals surface area (Å²) in [5.74, 6) is 0.0228. The van der Waals surface area contributed by atoms with E-state index in [2.05, 4.69) is 5.16 Å². The van der Waals surface area contributed by atoms with Gasteiger partial charge in [0.1, 0.15) is 12.2 Å². The van der Waals surface area contributed by atoms with Gasteiger partial charge in [-0.3, -0.25) is 0 Å². The molecule has 0 N–H and O–H groups in total. The van der Waals surface area contributed by atoms with E-state index in [1.165, 1.54) is 0 Å². The summed E-state index contributed by atoms with van der Waals surface area (Å²) in [6, 6.07) is 1.90. The van der Waals surface area contributed by atoms with Gasteiger partial charge in [0.15, 0.2) is 23.9 Å². The minimum atomic E-state index is -0.637. The lowest BCUT2D eigenvalue weighted by atomic mass is 10.1. The molecule has 0 spiro atoms. The number of fused-ring (bicyclic) bond motifs is 1. The predicted molar refractivity (Wildman–Crippen MR) is 64.3 cm³/mol. The number of nitrogens with zero attached hydrogens (tertiary/aromatic N) is 1. The molecule has 1 aromatic rings. The van der Waals surface area contributed by atoms with Gasteiger partial charge < -0.3 is 23.5 Å². The molecule has 106 valence electrons. The third kappa shape index (κ3) is 2.18. The first-order valence-corrected chi connectivity index (χ1v) is 6.53. The first-order chi connectivity index (χ1) is 9.04. The fourth-order valence-electron chi connectivity index (χ4n) is 2.61. The molecule has 19 heavy (non-hydrogen) atoms. The Kier molecular flexibility index (Phi) is 3.13. The Morgan fingerprint density at radius 2 is 2.05 bits per heavy atom. The molecule has 1 aromatic heterocycles. The molecule has 2 saturated heterocycles. The van der Waals surface area contributed by atoms with Gasteiger partial charge in [-0.05, 0) is 20.3 Å². The number of rotatable bonds is 3. The van der Waals surface area contributed by atoms with Gasteiger partial charge in [0.05, 0.1) is 5.69 Å². The van der Waals surface area contributed by atoms with Crippen LogP contribution in [0.25, 0.3) is 0 Å². The maximum Gasteiger partial charge on any atom is 0.187 e. The average Bonchev–Trinajstić information content (AvgIpc) is 3.01. The number of hydrogen-bond acceptors (Lipinski definition) is 6. The Morgan fingerprint density at radius 1 is 1.32 bits per heavy atom. The van der Waals surface area contributed by atoms with Crippen LogP contribution in [0.2, 0.25) is 0 Å². The van der Waals surface area contributed by atoms with Crippen molar-refractivity contribution in [3.8, 4) is 0 Å². The van der Waals surface area contributed by atoms with Gasteiger partial charge in [-0.15, -0.1) is 0 Å². The van der Waals surface area contributed by atoms with Crippen molar-refractivity contribution in [1.82, 2.24) is 5.16 Å². The molecular formula is C13H19NO5. The van der Waals surface area contributed by atoms with E-state index in [9.17, 15) is 0 Å². The molecule has 0 radical (unpaired) electrons. The van der Waals surface area contributed by atoms with Crippen molar-refractivity contribution < 1.29 is 23.5 Å². The zero-order valence-electron chi connectivity index (χ0n) is 11.6. The number of hydrogen-bond donors (Lipinski definition) is 0. The van der Waals surface area contributed by atoms with Crippen molar-refractivity contribution in [3.05, 3.63) is 17.5 Å². The second-order valence-corrected chi connectivity index (χ2v) is 5.30. The molecule has 2 fully saturated rings. The van der Waals surface area contributed by atoms with Crippen LogP contribution in [0.15, 0.2) is 10.6 Å². The lowest BCUT2D eigenvalue weighted by Gasteiger charge is -2.22. The first kappa shape index (κ1) is 13.1. The normalized spacial score (nSPS) is 36.6. The number of aromatic nitrogens is 1. The summed E-state index contributed by atoms with van der Waals surface area (Å²) in [5, 5.41) is 3.99. The quantitative estimate of drug-likeness (QED) is 0.833. The van der Waals surface area contributed by atoms with Gasteiger partial charge in [-0.2, -0.15) is 0 Å². The summed E-state index contributed by atoms with van der Waals surface area (Å²) < 4.78 is 28.2. The molecule has 0 aliphatic carbocycles. The van der Waals surface area contributed by atoms with Crippen LogP contribution in [-0.4, -0.2) is 36.6 Å². The highest BCUT2D eigenvalue weighted by atomic mass is 16.8. The summed E-state index contributed by atoms with van der Waals surface area (Å²) in [5.41, 5.74) is 0.897. The van der Waals surface area contributed by atoms with Crippen molar-refractivity contribution >= 4 is 0 Å². The van der Waals surface area contributed by atoms with Crippen LogP contribution in [0.5, 0.6) is 0 Å². The summed E-state index contributed by atoms with van der Waals surface area (Å²) in [6.45, 7) is 5.79. The van der Waals surface area contributed by atoms with Gasteiger partial charge >= 0.3 is 0 Å². The number of methoxy groups -OCH3 is 1. The summed E-state index contributed by atoms with van der Waals surface area (Å²) in [7, 11) is 1.59. The molecule has 6 heteroatoms. The topological polar surface area (TPSA) is 63.0 Å². The summed E-state index contributed by atoms with van der Waals surface area (Å²) in [4.78, 5) is 0. The van der Waals surface area contributed by atoms with Crippen LogP contribution in [-0.2, 0) is 25.4 Å². The molecule has 4 atom stereocenters. The Balaban J connectivity index is 1.86. The third-order valence-corrected chi connectivity index (χ3v) is 3.46. The maximum absolute atomic E-state index is 5.90. The van der Waals surface area contributed by atoms with Crippen LogP contribution in [0.1, 0.15) is 38.3 Å². The molecule has 3 heterocycles. The fourth-order valence-corrected chi connectivity index (χ4v) is 2.61. The Morgan fingerprint density at radius 3 is 2.68 bits per heavy atom. The highest BCUT2D eigenvalue weighted by Gasteiger charge is 2.57. The van der Waals surface area contributed by atoms with Crippen LogP contribution < -0.4 is 0 Å². The van der Waals surface area contributed by atoms with Crippen LogP contribution in [0.4, 0.5) is 0 Å². The van der Waals surface area contributed by atoms with E-state index in [0.29, 0.717) is 5.76 Å². The zero-order chi connectivity index (χ0) is 13.6. The minimum Gasteiger partial charge on any atom is -0.358 e. The molecule has 6 nitrogen and oxygen atoms in total. The van der Waals surface area contributed by atoms with E-state index in [0.717, 1.165) is 12.1 Å². The van der Waals surface area contributed by atoms with E-state index in [1.807, 2.05) is 26.8 Å². The van der Waals surface area contributed by atoms with Crippen molar-refractivity contribution in [2.24, 2.45) is 0 Å². The number of aryl methyl sites for hydroxylation is 1. The van der Waals surface area contributed by atoms with E-state index in [4.69, 9.17) is 23.5 Å². The lowest BCUT2D eigenvalue weighted by Crippen LogP contribution is -2.30. The van der Waals surface area contributed by atoms with Gasteiger partial charge in [0, 0.05) is 13.2 Å². The SMILES string of the molecule is CCc1cc([C@H]2O[C@@H](OC)[C@@H]3OC(C)(C)O[C@@H]32)on1. The van der Waals surface area contributed by atoms with Gasteiger partial charge in [-0.1, -0.05) is 12.1 Å². The van der Waals surface area contributed by atoms with Crippen molar-refractivity contribution in [1.29, 1.82) is 0 Å². The minimum absolute atomic E-state index is 0.238. The molecule has 0 unspecified atom stereocenters. The van der Waals surface area contributed by atoms with Gasteiger partial charge in [-0.25, -0.2) is 0 Å². The van der Waals surface area contributed by atoms with Crippen molar-refractivity contribution in [2.75, 3.05) is 7.11 Å². The van der Waals surface area contributed by atoms with Crippen LogP contribution >= 0.6 is 0 Å². The lowest BCUT2D eigenvalue weighted by molar-refractivity contribution is -0.230. The molecule has 0 bridgehead atoms. The molecule has 2 aliphatic rings. The molecule has 0 aromatic carbocycles. The first-order valence-electron chi connectivity index (χ1n) is 6.53. The maximum atomic E-state index is 5.90. The van der Waals surface area contributed by atoms with E-state index >= 15 is 0 Å². The van der Waals surface area contributed by atoms with E-state index in [1.54, 1.807) is 7.11 Å². The Hall–Kier alpha value is -0.950. The smallest absolute Gasteiger partial charge is 0.187 e. The van der Waals surface area contributed by atoms with Crippen LogP contribution in [0.3, 0.4) is 0 Å². The second kappa shape index (κ2) is 4.56. The third-order valence-electron chi connectivity index (χ3n) is 3.46. The predicted octanol–water partition coefficient (Wildman–Crippen LogP) is 1.80. The van der Waals surface area contributed by atoms with Crippen molar-refractivity contribution in [3.63, 3.8) is 0 Å². The van der Waals surface area contributed by atoms with Gasteiger partial charge in [0.25, 0.3) is 0 Å². The van der Waals surface area contributed by atoms with E-state index < -0.39 is 12.1 Å². The second-order valence-electron chi connectivity index (χ2n) is 5.30. The molecule has 0 amide bonds. The zero-order valence-corrected chi connectivity index (χ0v) is 11.6. The number of ether oxygens (including phenoxy) is 4. The molecule has 3 rings (SSSR count). The monoisotopic (exact) mass is 269 g/mol. The molecule has 0 saturated carbocycles. The highest BCUT2D eigenvalue weighted by Crippen LogP contribution is 2.45. The van der Waals surface area contributed by atoms with Crippen LogP contribution in [0, 0.1) is 0 Å². The average molecular weight is 269 g/mol. The summed E-state index contributed by atoms with van der Waals surface area (Å²) >= 11 is 0. The standard InChI is InChI=1S/C13H19NO5/c1-5-7-6-8(19-14-7)9-10-11(12(15-4)16-9)18-13(2,3)17-10/h6,9-12H,5H2,1-4H3/t9-,10-,11-,12-/m1/s1. The van der Waals surface area contributed by atoms with E-state index in [-0.39, 0.29) is 18.3 Å².